The fourth-order valence-corrected chi connectivity index (χ4v) is 6.26. The van der Waals surface area contributed by atoms with Gasteiger partial charge in [0.25, 0.3) is 0 Å². The molecule has 1 heterocycles. The Balaban J connectivity index is 1.32. The number of aromatic amines is 1. The maximum Gasteiger partial charge on any atom is 0.225 e. The number of fused-ring (bicyclic) bond motifs is 3. The van der Waals surface area contributed by atoms with Crippen LogP contribution in [0, 0.1) is 23.7 Å². The topological polar surface area (TPSA) is 36.1 Å². The minimum absolute atomic E-state index is 0.157. The van der Waals surface area contributed by atoms with Crippen molar-refractivity contribution in [2.75, 3.05) is 6.54 Å². The number of hydrogen-bond acceptors (Lipinski definition) is 1. The molecule has 0 aliphatic heterocycles. The van der Waals surface area contributed by atoms with Crippen molar-refractivity contribution < 1.29 is 4.79 Å². The van der Waals surface area contributed by atoms with E-state index in [9.17, 15) is 4.79 Å². The highest BCUT2D eigenvalue weighted by molar-refractivity contribution is 5.83. The smallest absolute Gasteiger partial charge is 0.225 e. The van der Waals surface area contributed by atoms with Gasteiger partial charge in [-0.2, -0.15) is 0 Å². The molecule has 0 saturated heterocycles. The molecule has 1 aromatic heterocycles. The lowest BCUT2D eigenvalue weighted by atomic mass is 9.91. The van der Waals surface area contributed by atoms with Gasteiger partial charge in [-0.3, -0.25) is 4.79 Å². The standard InChI is InChI=1S/C26H34N2O/c1-18(14-19-6-2-3-7-19)26(29)28(25-16-20-10-11-21(25)15-20)13-12-22-17-27-24-9-5-4-8-23(22)24/h4-5,8-11,17-21,25,27H,2-3,6-7,12-16H2,1H3. The Morgan fingerprint density at radius 2 is 2.00 bits per heavy atom. The van der Waals surface area contributed by atoms with Crippen molar-refractivity contribution in [2.45, 2.75) is 64.3 Å². The summed E-state index contributed by atoms with van der Waals surface area (Å²) in [5, 5.41) is 1.30. The zero-order chi connectivity index (χ0) is 19.8. The minimum atomic E-state index is 0.157. The van der Waals surface area contributed by atoms with E-state index in [1.807, 2.05) is 0 Å². The van der Waals surface area contributed by atoms with Crippen LogP contribution in [0.4, 0.5) is 0 Å². The molecule has 2 aromatic rings. The number of carbonyl (C=O) groups excluding carboxylic acids is 1. The second-order valence-corrected chi connectivity index (χ2v) is 9.78. The molecule has 1 N–H and O–H groups in total. The molecular weight excluding hydrogens is 356 g/mol. The SMILES string of the molecule is CC(CC1CCCC1)C(=O)N(CCc1c[nH]c2ccccc12)C1CC2C=CC1C2. The third-order valence-electron chi connectivity index (χ3n) is 7.81. The number of H-pyrrole nitrogens is 1. The molecule has 29 heavy (non-hydrogen) atoms. The number of benzene rings is 1. The van der Waals surface area contributed by atoms with Crippen LogP contribution in [0.2, 0.25) is 0 Å². The normalized spacial score (nSPS) is 27.1. The first-order valence-corrected chi connectivity index (χ1v) is 11.7. The van der Waals surface area contributed by atoms with E-state index < -0.39 is 0 Å². The van der Waals surface area contributed by atoms with Gasteiger partial charge in [0.05, 0.1) is 0 Å². The van der Waals surface area contributed by atoms with Crippen LogP contribution >= 0.6 is 0 Å². The van der Waals surface area contributed by atoms with E-state index in [0.717, 1.165) is 31.7 Å². The lowest BCUT2D eigenvalue weighted by Gasteiger charge is -2.35. The number of allylic oxidation sites excluding steroid dienone is 1. The van der Waals surface area contributed by atoms with Crippen LogP contribution in [0.5, 0.6) is 0 Å². The van der Waals surface area contributed by atoms with Gasteiger partial charge in [-0.15, -0.1) is 0 Å². The molecule has 0 radical (unpaired) electrons. The number of carbonyl (C=O) groups is 1. The predicted molar refractivity (Wildman–Crippen MR) is 119 cm³/mol. The van der Waals surface area contributed by atoms with E-state index >= 15 is 0 Å². The fourth-order valence-electron chi connectivity index (χ4n) is 6.26. The van der Waals surface area contributed by atoms with Crippen molar-refractivity contribution in [1.29, 1.82) is 0 Å². The van der Waals surface area contributed by atoms with Crippen LogP contribution in [0.15, 0.2) is 42.6 Å². The fraction of sp³-hybridized carbons (Fsp3) is 0.577. The van der Waals surface area contributed by atoms with Crippen LogP contribution in [0.3, 0.4) is 0 Å². The number of amides is 1. The first-order chi connectivity index (χ1) is 14.2. The summed E-state index contributed by atoms with van der Waals surface area (Å²) in [6.07, 6.45) is 16.7. The number of hydrogen-bond donors (Lipinski definition) is 1. The number of nitrogens with zero attached hydrogens (tertiary/aromatic N) is 1. The van der Waals surface area contributed by atoms with Gasteiger partial charge in [-0.25, -0.2) is 0 Å². The molecular formula is C26H34N2O. The van der Waals surface area contributed by atoms with E-state index in [0.29, 0.717) is 23.8 Å². The van der Waals surface area contributed by atoms with Gasteiger partial charge in [0.1, 0.15) is 0 Å². The summed E-state index contributed by atoms with van der Waals surface area (Å²) < 4.78 is 0. The molecule has 4 atom stereocenters. The molecule has 5 rings (SSSR count). The van der Waals surface area contributed by atoms with Crippen LogP contribution < -0.4 is 0 Å². The predicted octanol–water partition coefficient (Wildman–Crippen LogP) is 5.72. The molecule has 0 spiro atoms. The summed E-state index contributed by atoms with van der Waals surface area (Å²) in [6, 6.07) is 8.91. The van der Waals surface area contributed by atoms with Gasteiger partial charge in [0.2, 0.25) is 5.91 Å². The minimum Gasteiger partial charge on any atom is -0.361 e. The zero-order valence-electron chi connectivity index (χ0n) is 17.6. The Bertz CT molecular complexity index is 891. The molecule has 2 saturated carbocycles. The molecule has 154 valence electrons. The summed E-state index contributed by atoms with van der Waals surface area (Å²) >= 11 is 0. The van der Waals surface area contributed by atoms with Crippen molar-refractivity contribution in [1.82, 2.24) is 9.88 Å². The summed E-state index contributed by atoms with van der Waals surface area (Å²) in [4.78, 5) is 19.3. The van der Waals surface area contributed by atoms with Gasteiger partial charge in [0.15, 0.2) is 0 Å². The highest BCUT2D eigenvalue weighted by Crippen LogP contribution is 2.42. The summed E-state index contributed by atoms with van der Waals surface area (Å²) in [7, 11) is 0. The monoisotopic (exact) mass is 390 g/mol. The lowest BCUT2D eigenvalue weighted by Crippen LogP contribution is -2.46. The molecule has 1 aromatic carbocycles. The Kier molecular flexibility index (Phi) is 5.24. The van der Waals surface area contributed by atoms with E-state index in [1.54, 1.807) is 0 Å². The average Bonchev–Trinajstić information content (AvgIpc) is 3.53. The average molecular weight is 391 g/mol. The maximum atomic E-state index is 13.6. The lowest BCUT2D eigenvalue weighted by molar-refractivity contribution is -0.138. The Morgan fingerprint density at radius 1 is 1.17 bits per heavy atom. The van der Waals surface area contributed by atoms with Gasteiger partial charge in [-0.05, 0) is 55.1 Å². The van der Waals surface area contributed by atoms with Crippen molar-refractivity contribution in [3.05, 3.63) is 48.2 Å². The number of para-hydroxylation sites is 1. The Hall–Kier alpha value is -2.03. The van der Waals surface area contributed by atoms with E-state index in [-0.39, 0.29) is 5.92 Å². The summed E-state index contributed by atoms with van der Waals surface area (Å²) in [6.45, 7) is 3.03. The van der Waals surface area contributed by atoms with Crippen molar-refractivity contribution >= 4 is 16.8 Å². The molecule has 2 bridgehead atoms. The molecule has 3 heteroatoms. The Labute approximate surface area is 174 Å². The van der Waals surface area contributed by atoms with Crippen LogP contribution in [0.1, 0.15) is 57.4 Å². The maximum absolute atomic E-state index is 13.6. The van der Waals surface area contributed by atoms with Crippen LogP contribution in [0.25, 0.3) is 10.9 Å². The van der Waals surface area contributed by atoms with Gasteiger partial charge < -0.3 is 9.88 Å². The second kappa shape index (κ2) is 8.01. The van der Waals surface area contributed by atoms with Crippen LogP contribution in [-0.4, -0.2) is 28.4 Å². The first kappa shape index (κ1) is 19.0. The Morgan fingerprint density at radius 3 is 2.76 bits per heavy atom. The summed E-state index contributed by atoms with van der Waals surface area (Å²) in [5.74, 6) is 2.60. The van der Waals surface area contributed by atoms with Crippen molar-refractivity contribution in [3.63, 3.8) is 0 Å². The molecule has 3 nitrogen and oxygen atoms in total. The summed E-state index contributed by atoms with van der Waals surface area (Å²) in [5.41, 5.74) is 2.53. The third-order valence-corrected chi connectivity index (χ3v) is 7.81. The molecule has 1 amide bonds. The van der Waals surface area contributed by atoms with Crippen LogP contribution in [-0.2, 0) is 11.2 Å². The largest absolute Gasteiger partial charge is 0.361 e. The molecule has 2 fully saturated rings. The van der Waals surface area contributed by atoms with Gasteiger partial charge in [0, 0.05) is 35.6 Å². The van der Waals surface area contributed by atoms with E-state index in [4.69, 9.17) is 0 Å². The number of aromatic nitrogens is 1. The third kappa shape index (κ3) is 3.76. The van der Waals surface area contributed by atoms with E-state index in [2.05, 4.69) is 59.4 Å². The number of nitrogens with one attached hydrogen (secondary N) is 1. The molecule has 4 unspecified atom stereocenters. The zero-order valence-corrected chi connectivity index (χ0v) is 17.6. The van der Waals surface area contributed by atoms with Gasteiger partial charge in [-0.1, -0.05) is 63.0 Å². The number of rotatable bonds is 7. The highest BCUT2D eigenvalue weighted by Gasteiger charge is 2.41. The molecule has 3 aliphatic rings. The van der Waals surface area contributed by atoms with E-state index in [1.165, 1.54) is 48.6 Å². The van der Waals surface area contributed by atoms with Gasteiger partial charge >= 0.3 is 0 Å². The first-order valence-electron chi connectivity index (χ1n) is 11.7. The molecule has 3 aliphatic carbocycles. The highest BCUT2D eigenvalue weighted by atomic mass is 16.2. The quantitative estimate of drug-likeness (QED) is 0.603. The second-order valence-electron chi connectivity index (χ2n) is 9.78. The van der Waals surface area contributed by atoms with Crippen molar-refractivity contribution in [3.8, 4) is 0 Å². The van der Waals surface area contributed by atoms with Crippen molar-refractivity contribution in [2.24, 2.45) is 23.7 Å².